The van der Waals surface area contributed by atoms with Crippen LogP contribution in [0.3, 0.4) is 0 Å². The number of carbonyl (C=O) groups is 1. The van der Waals surface area contributed by atoms with Gasteiger partial charge in [0, 0.05) is 69.9 Å². The summed E-state index contributed by atoms with van der Waals surface area (Å²) in [6.07, 6.45) is 1.61. The Labute approximate surface area is 234 Å². The van der Waals surface area contributed by atoms with Crippen LogP contribution in [-0.4, -0.2) is 79.8 Å². The van der Waals surface area contributed by atoms with E-state index in [2.05, 4.69) is 30.4 Å². The zero-order chi connectivity index (χ0) is 27.5. The number of amides is 1. The quantitative estimate of drug-likeness (QED) is 0.357. The van der Waals surface area contributed by atoms with E-state index >= 15 is 0 Å². The molecule has 3 aromatic heterocycles. The number of anilines is 2. The molecule has 1 saturated heterocycles. The average molecular weight is 569 g/mol. The number of aromatic nitrogens is 5. The molecule has 1 aliphatic heterocycles. The normalized spacial score (nSPS) is 14.0. The first kappa shape index (κ1) is 26.8. The van der Waals surface area contributed by atoms with Crippen molar-refractivity contribution >= 4 is 51.9 Å². The molecule has 4 heterocycles. The zero-order valence-corrected chi connectivity index (χ0v) is 22.9. The van der Waals surface area contributed by atoms with Crippen molar-refractivity contribution in [2.24, 2.45) is 7.05 Å². The maximum Gasteiger partial charge on any atom is 0.259 e. The second kappa shape index (κ2) is 11.5. The van der Waals surface area contributed by atoms with Crippen LogP contribution in [0.4, 0.5) is 11.8 Å². The molecule has 0 spiro atoms. The molecule has 13 heteroatoms. The molecule has 1 amide bonds. The number of ether oxygens (including phenoxy) is 1. The molecule has 5 rings (SSSR count). The Hall–Kier alpha value is -3.80. The molecule has 1 aliphatic rings. The molecule has 0 unspecified atom stereocenters. The number of hydrogen-bond donors (Lipinski definition) is 1. The van der Waals surface area contributed by atoms with Crippen molar-refractivity contribution in [3.8, 4) is 17.0 Å². The van der Waals surface area contributed by atoms with Crippen molar-refractivity contribution in [2.45, 2.75) is 6.92 Å². The van der Waals surface area contributed by atoms with Crippen LogP contribution in [-0.2, 0) is 11.8 Å². The maximum atomic E-state index is 13.1. The second-order valence-corrected chi connectivity index (χ2v) is 9.88. The van der Waals surface area contributed by atoms with Gasteiger partial charge in [-0.1, -0.05) is 29.3 Å². The molecule has 1 aromatic carbocycles. The van der Waals surface area contributed by atoms with Crippen LogP contribution in [0.2, 0.25) is 10.0 Å². The zero-order valence-electron chi connectivity index (χ0n) is 21.4. The van der Waals surface area contributed by atoms with Gasteiger partial charge < -0.3 is 15.0 Å². The first-order valence-corrected chi connectivity index (χ1v) is 13.1. The van der Waals surface area contributed by atoms with Crippen molar-refractivity contribution in [3.05, 3.63) is 63.0 Å². The van der Waals surface area contributed by atoms with E-state index in [0.717, 1.165) is 32.7 Å². The monoisotopic (exact) mass is 568 g/mol. The van der Waals surface area contributed by atoms with Gasteiger partial charge in [-0.05, 0) is 24.3 Å². The van der Waals surface area contributed by atoms with Crippen LogP contribution in [0.1, 0.15) is 6.92 Å². The van der Waals surface area contributed by atoms with Crippen molar-refractivity contribution in [1.29, 1.82) is 0 Å². The molecule has 11 nitrogen and oxygen atoms in total. The predicted octanol–water partition coefficient (Wildman–Crippen LogP) is 3.38. The summed E-state index contributed by atoms with van der Waals surface area (Å²) in [7, 11) is 1.63. The fraction of sp³-hybridized carbons (Fsp3) is 0.308. The average Bonchev–Trinajstić information content (AvgIpc) is 2.93. The van der Waals surface area contributed by atoms with Crippen LogP contribution in [0.25, 0.3) is 22.2 Å². The number of piperazine rings is 1. The van der Waals surface area contributed by atoms with Crippen LogP contribution in [0.15, 0.2) is 47.4 Å². The fourth-order valence-corrected chi connectivity index (χ4v) is 4.99. The van der Waals surface area contributed by atoms with Crippen molar-refractivity contribution in [2.75, 3.05) is 44.6 Å². The number of nitrogens with one attached hydrogen (secondary N) is 1. The van der Waals surface area contributed by atoms with Crippen molar-refractivity contribution < 1.29 is 9.53 Å². The fourth-order valence-electron chi connectivity index (χ4n) is 4.39. The van der Waals surface area contributed by atoms with E-state index in [1.807, 2.05) is 4.90 Å². The van der Waals surface area contributed by atoms with Gasteiger partial charge in [-0.25, -0.2) is 4.98 Å². The van der Waals surface area contributed by atoms with Crippen molar-refractivity contribution in [3.63, 3.8) is 0 Å². The maximum absolute atomic E-state index is 13.1. The summed E-state index contributed by atoms with van der Waals surface area (Å²) in [5.41, 5.74) is 0.981. The van der Waals surface area contributed by atoms with Crippen LogP contribution in [0.5, 0.6) is 5.88 Å². The van der Waals surface area contributed by atoms with Crippen LogP contribution >= 0.6 is 23.2 Å². The summed E-state index contributed by atoms with van der Waals surface area (Å²) in [6, 6.07) is 10.2. The van der Waals surface area contributed by atoms with E-state index < -0.39 is 0 Å². The molecule has 4 aromatic rings. The Morgan fingerprint density at radius 3 is 2.49 bits per heavy atom. The van der Waals surface area contributed by atoms with Gasteiger partial charge in [0.2, 0.25) is 17.7 Å². The van der Waals surface area contributed by atoms with E-state index in [4.69, 9.17) is 27.9 Å². The Kier molecular flexibility index (Phi) is 7.92. The predicted molar refractivity (Wildman–Crippen MR) is 150 cm³/mol. The highest BCUT2D eigenvalue weighted by molar-refractivity contribution is 6.39. The van der Waals surface area contributed by atoms with Crippen molar-refractivity contribution in [1.82, 2.24) is 34.5 Å². The number of benzene rings is 1. The summed E-state index contributed by atoms with van der Waals surface area (Å²) in [4.78, 5) is 37.5. The van der Waals surface area contributed by atoms with Gasteiger partial charge in [0.15, 0.2) is 5.82 Å². The Morgan fingerprint density at radius 2 is 1.82 bits per heavy atom. The van der Waals surface area contributed by atoms with Gasteiger partial charge in [-0.2, -0.15) is 4.98 Å². The lowest BCUT2D eigenvalue weighted by Crippen LogP contribution is -2.48. The molecular weight excluding hydrogens is 543 g/mol. The van der Waals surface area contributed by atoms with E-state index in [-0.39, 0.29) is 17.4 Å². The summed E-state index contributed by atoms with van der Waals surface area (Å²) >= 11 is 12.7. The molecule has 202 valence electrons. The Morgan fingerprint density at radius 1 is 1.08 bits per heavy atom. The van der Waals surface area contributed by atoms with Gasteiger partial charge >= 0.3 is 0 Å². The van der Waals surface area contributed by atoms with Crippen LogP contribution < -0.4 is 15.6 Å². The van der Waals surface area contributed by atoms with E-state index in [1.165, 1.54) is 4.57 Å². The lowest BCUT2D eigenvalue weighted by molar-refractivity contribution is -0.130. The van der Waals surface area contributed by atoms with E-state index in [9.17, 15) is 9.59 Å². The molecule has 39 heavy (non-hydrogen) atoms. The first-order valence-electron chi connectivity index (χ1n) is 12.3. The van der Waals surface area contributed by atoms with E-state index in [0.29, 0.717) is 50.5 Å². The number of aryl methyl sites for hydroxylation is 1. The van der Waals surface area contributed by atoms with Gasteiger partial charge in [0.25, 0.3) is 5.56 Å². The smallest absolute Gasteiger partial charge is 0.259 e. The minimum absolute atomic E-state index is 0.112. The number of pyridine rings is 1. The first-order chi connectivity index (χ1) is 18.8. The molecule has 0 radical (unpaired) electrons. The number of halogens is 2. The summed E-state index contributed by atoms with van der Waals surface area (Å²) < 4.78 is 7.16. The highest BCUT2D eigenvalue weighted by Crippen LogP contribution is 2.33. The SMILES string of the molecule is CC(=O)N1CCN(CCOc2ccc(Nc3ncc4cc(-c5c(Cl)cccc5Cl)c(=O)n(C)c4n3)nn2)CC1. The minimum Gasteiger partial charge on any atom is -0.475 e. The standard InChI is InChI=1S/C26H26Cl2N8O3/c1-16(37)36-10-8-35(9-11-36)12-13-39-22-7-6-21(32-33-22)30-26-29-15-17-14-18(25(38)34(2)24(17)31-26)23-19(27)4-3-5-20(23)28/h3-7,14-15H,8-13H2,1-2H3,(H,29,30,31,32). The summed E-state index contributed by atoms with van der Waals surface area (Å²) in [5, 5.41) is 12.7. The topological polar surface area (TPSA) is 118 Å². The third-order valence-electron chi connectivity index (χ3n) is 6.54. The van der Waals surface area contributed by atoms with Gasteiger partial charge in [0.05, 0.1) is 15.6 Å². The third kappa shape index (κ3) is 5.95. The second-order valence-electron chi connectivity index (χ2n) is 9.07. The largest absolute Gasteiger partial charge is 0.475 e. The number of carbonyl (C=O) groups excluding carboxylic acids is 1. The molecule has 0 bridgehead atoms. The number of nitrogens with zero attached hydrogens (tertiary/aromatic N) is 7. The minimum atomic E-state index is -0.288. The number of rotatable bonds is 7. The van der Waals surface area contributed by atoms with Gasteiger partial charge in [-0.3, -0.25) is 19.1 Å². The van der Waals surface area contributed by atoms with Gasteiger partial charge in [-0.15, -0.1) is 10.2 Å². The molecule has 0 aliphatic carbocycles. The molecule has 0 atom stereocenters. The lowest BCUT2D eigenvalue weighted by atomic mass is 10.1. The van der Waals surface area contributed by atoms with Crippen LogP contribution in [0, 0.1) is 0 Å². The Bertz CT molecular complexity index is 1550. The number of fused-ring (bicyclic) bond motifs is 1. The number of hydrogen-bond acceptors (Lipinski definition) is 9. The highest BCUT2D eigenvalue weighted by atomic mass is 35.5. The lowest BCUT2D eigenvalue weighted by Gasteiger charge is -2.33. The highest BCUT2D eigenvalue weighted by Gasteiger charge is 2.19. The molecule has 1 N–H and O–H groups in total. The van der Waals surface area contributed by atoms with Gasteiger partial charge in [0.1, 0.15) is 12.3 Å². The summed E-state index contributed by atoms with van der Waals surface area (Å²) in [5.74, 6) is 1.19. The Balaban J connectivity index is 1.23. The third-order valence-corrected chi connectivity index (χ3v) is 7.17. The molecule has 1 fully saturated rings. The molecule has 0 saturated carbocycles. The molecular formula is C26H26Cl2N8O3. The summed E-state index contributed by atoms with van der Waals surface area (Å²) in [6.45, 7) is 5.91. The van der Waals surface area contributed by atoms with E-state index in [1.54, 1.807) is 56.6 Å².